The number of fused-ring (bicyclic) bond motifs is 1. The molecule has 0 spiro atoms. The minimum atomic E-state index is -0.311. The molecule has 7 heteroatoms. The van der Waals surface area contributed by atoms with Gasteiger partial charge in [-0.15, -0.1) is 5.10 Å². The van der Waals surface area contributed by atoms with Crippen LogP contribution in [0.4, 0.5) is 10.1 Å². The molecule has 0 fully saturated rings. The van der Waals surface area contributed by atoms with Crippen LogP contribution in [0.1, 0.15) is 33.7 Å². The second kappa shape index (κ2) is 7.19. The predicted molar refractivity (Wildman–Crippen MR) is 98.5 cm³/mol. The smallest absolute Gasteiger partial charge is 0.278 e. The Morgan fingerprint density at radius 3 is 2.89 bits per heavy atom. The number of nitrogens with zero attached hydrogens (tertiary/aromatic N) is 3. The molecule has 3 aromatic rings. The lowest BCUT2D eigenvalue weighted by molar-refractivity contribution is 0.102. The number of carbonyl (C=O) groups is 1. The zero-order valence-electron chi connectivity index (χ0n) is 14.9. The van der Waals surface area contributed by atoms with Crippen LogP contribution in [-0.4, -0.2) is 27.5 Å². The van der Waals surface area contributed by atoms with E-state index in [1.54, 1.807) is 23.7 Å². The molecule has 2 heterocycles. The van der Waals surface area contributed by atoms with Crippen LogP contribution in [0, 0.1) is 12.7 Å². The Labute approximate surface area is 156 Å². The van der Waals surface area contributed by atoms with Gasteiger partial charge in [0.05, 0.1) is 18.8 Å². The van der Waals surface area contributed by atoms with Crippen LogP contribution in [0.3, 0.4) is 0 Å². The molecule has 0 bridgehead atoms. The van der Waals surface area contributed by atoms with Crippen molar-refractivity contribution >= 4 is 11.6 Å². The Kier molecular flexibility index (Phi) is 4.58. The SMILES string of the molecule is Cc1c(C(=O)Nc2ccc3c(c2)CCCO3)nnn1Cc1ccc(F)cc1. The fourth-order valence-corrected chi connectivity index (χ4v) is 3.11. The molecule has 138 valence electrons. The number of nitrogens with one attached hydrogen (secondary N) is 1. The van der Waals surface area contributed by atoms with E-state index < -0.39 is 0 Å². The van der Waals surface area contributed by atoms with Crippen molar-refractivity contribution in [2.45, 2.75) is 26.3 Å². The summed E-state index contributed by atoms with van der Waals surface area (Å²) in [5.41, 5.74) is 3.60. The summed E-state index contributed by atoms with van der Waals surface area (Å²) in [5, 5.41) is 10.9. The molecule has 2 aromatic carbocycles. The third-order valence-electron chi connectivity index (χ3n) is 4.61. The van der Waals surface area contributed by atoms with Crippen molar-refractivity contribution in [1.29, 1.82) is 0 Å². The number of carbonyl (C=O) groups excluding carboxylic acids is 1. The Balaban J connectivity index is 1.49. The van der Waals surface area contributed by atoms with Gasteiger partial charge in [0.15, 0.2) is 5.69 Å². The maximum Gasteiger partial charge on any atom is 0.278 e. The highest BCUT2D eigenvalue weighted by Crippen LogP contribution is 2.27. The van der Waals surface area contributed by atoms with Gasteiger partial charge in [-0.3, -0.25) is 4.79 Å². The van der Waals surface area contributed by atoms with Crippen molar-refractivity contribution < 1.29 is 13.9 Å². The second-order valence-corrected chi connectivity index (χ2v) is 6.54. The van der Waals surface area contributed by atoms with Crippen LogP contribution >= 0.6 is 0 Å². The van der Waals surface area contributed by atoms with E-state index in [9.17, 15) is 9.18 Å². The van der Waals surface area contributed by atoms with E-state index >= 15 is 0 Å². The molecule has 0 unspecified atom stereocenters. The van der Waals surface area contributed by atoms with E-state index in [4.69, 9.17) is 4.74 Å². The molecular formula is C20H19FN4O2. The average Bonchev–Trinajstić information content (AvgIpc) is 3.04. The van der Waals surface area contributed by atoms with Gasteiger partial charge in [-0.2, -0.15) is 0 Å². The standard InChI is InChI=1S/C20H19FN4O2/c1-13-19(23-24-25(13)12-14-4-6-16(21)7-5-14)20(26)22-17-8-9-18-15(11-17)3-2-10-27-18/h4-9,11H,2-3,10,12H2,1H3,(H,22,26). The summed E-state index contributed by atoms with van der Waals surface area (Å²) in [6.45, 7) is 2.94. The lowest BCUT2D eigenvalue weighted by Gasteiger charge is -2.17. The number of anilines is 1. The Morgan fingerprint density at radius 2 is 2.07 bits per heavy atom. The third kappa shape index (κ3) is 3.67. The van der Waals surface area contributed by atoms with Crippen molar-refractivity contribution in [3.8, 4) is 5.75 Å². The van der Waals surface area contributed by atoms with E-state index in [2.05, 4.69) is 15.6 Å². The number of ether oxygens (including phenoxy) is 1. The van der Waals surface area contributed by atoms with Crippen LogP contribution in [-0.2, 0) is 13.0 Å². The van der Waals surface area contributed by atoms with E-state index in [0.29, 0.717) is 17.9 Å². The number of halogens is 1. The van der Waals surface area contributed by atoms with Crippen LogP contribution in [0.25, 0.3) is 0 Å². The van der Waals surface area contributed by atoms with E-state index in [-0.39, 0.29) is 17.4 Å². The number of hydrogen-bond donors (Lipinski definition) is 1. The van der Waals surface area contributed by atoms with Crippen molar-refractivity contribution in [3.05, 3.63) is 70.8 Å². The summed E-state index contributed by atoms with van der Waals surface area (Å²) in [6, 6.07) is 11.8. The van der Waals surface area contributed by atoms with Gasteiger partial charge in [0, 0.05) is 5.69 Å². The fraction of sp³-hybridized carbons (Fsp3) is 0.250. The Bertz CT molecular complexity index is 982. The molecule has 6 nitrogen and oxygen atoms in total. The van der Waals surface area contributed by atoms with Gasteiger partial charge in [0.2, 0.25) is 0 Å². The molecule has 0 atom stereocenters. The molecular weight excluding hydrogens is 347 g/mol. The minimum absolute atomic E-state index is 0.270. The number of aryl methyl sites for hydroxylation is 1. The van der Waals surface area contributed by atoms with Crippen LogP contribution < -0.4 is 10.1 Å². The normalized spacial score (nSPS) is 13.0. The number of rotatable bonds is 4. The summed E-state index contributed by atoms with van der Waals surface area (Å²) in [4.78, 5) is 12.6. The molecule has 0 saturated heterocycles. The summed E-state index contributed by atoms with van der Waals surface area (Å²) in [7, 11) is 0. The fourth-order valence-electron chi connectivity index (χ4n) is 3.11. The summed E-state index contributed by atoms with van der Waals surface area (Å²) in [5.74, 6) is 0.278. The zero-order valence-corrected chi connectivity index (χ0v) is 14.9. The Morgan fingerprint density at radius 1 is 1.26 bits per heavy atom. The quantitative estimate of drug-likeness (QED) is 0.769. The van der Waals surface area contributed by atoms with E-state index in [1.165, 1.54) is 12.1 Å². The van der Waals surface area contributed by atoms with Gasteiger partial charge in [-0.05, 0) is 61.2 Å². The van der Waals surface area contributed by atoms with E-state index in [0.717, 1.165) is 36.3 Å². The molecule has 4 rings (SSSR count). The number of amides is 1. The van der Waals surface area contributed by atoms with E-state index in [1.807, 2.05) is 18.2 Å². The predicted octanol–water partition coefficient (Wildman–Crippen LogP) is 3.35. The first-order valence-electron chi connectivity index (χ1n) is 8.82. The largest absolute Gasteiger partial charge is 0.493 e. The summed E-state index contributed by atoms with van der Waals surface area (Å²) < 4.78 is 20.3. The van der Waals surface area contributed by atoms with Crippen molar-refractivity contribution in [3.63, 3.8) is 0 Å². The summed E-state index contributed by atoms with van der Waals surface area (Å²) in [6.07, 6.45) is 1.91. The van der Waals surface area contributed by atoms with Crippen LogP contribution in [0.15, 0.2) is 42.5 Å². The highest BCUT2D eigenvalue weighted by molar-refractivity contribution is 6.03. The molecule has 27 heavy (non-hydrogen) atoms. The molecule has 0 saturated carbocycles. The maximum atomic E-state index is 13.0. The second-order valence-electron chi connectivity index (χ2n) is 6.54. The van der Waals surface area contributed by atoms with Crippen molar-refractivity contribution in [2.24, 2.45) is 0 Å². The first-order chi connectivity index (χ1) is 13.1. The molecule has 1 aliphatic rings. The molecule has 1 aromatic heterocycles. The lowest BCUT2D eigenvalue weighted by atomic mass is 10.1. The molecule has 1 amide bonds. The highest BCUT2D eigenvalue weighted by Gasteiger charge is 2.18. The van der Waals surface area contributed by atoms with Crippen LogP contribution in [0.2, 0.25) is 0 Å². The number of aromatic nitrogens is 3. The van der Waals surface area contributed by atoms with Crippen LogP contribution in [0.5, 0.6) is 5.75 Å². The molecule has 1 aliphatic heterocycles. The van der Waals surface area contributed by atoms with Gasteiger partial charge >= 0.3 is 0 Å². The van der Waals surface area contributed by atoms with Gasteiger partial charge in [-0.25, -0.2) is 9.07 Å². The van der Waals surface area contributed by atoms with Gasteiger partial charge in [-0.1, -0.05) is 17.3 Å². The zero-order chi connectivity index (χ0) is 18.8. The monoisotopic (exact) mass is 366 g/mol. The first kappa shape index (κ1) is 17.2. The molecule has 0 radical (unpaired) electrons. The topological polar surface area (TPSA) is 69.0 Å². The van der Waals surface area contributed by atoms with Gasteiger partial charge in [0.25, 0.3) is 5.91 Å². The number of benzene rings is 2. The van der Waals surface area contributed by atoms with Crippen molar-refractivity contribution in [1.82, 2.24) is 15.0 Å². The first-order valence-corrected chi connectivity index (χ1v) is 8.82. The Hall–Kier alpha value is -3.22. The third-order valence-corrected chi connectivity index (χ3v) is 4.61. The summed E-state index contributed by atoms with van der Waals surface area (Å²) >= 11 is 0. The molecule has 0 aliphatic carbocycles. The molecule has 1 N–H and O–H groups in total. The van der Waals surface area contributed by atoms with Gasteiger partial charge in [0.1, 0.15) is 11.6 Å². The lowest BCUT2D eigenvalue weighted by Crippen LogP contribution is -2.15. The van der Waals surface area contributed by atoms with Crippen molar-refractivity contribution in [2.75, 3.05) is 11.9 Å². The average molecular weight is 366 g/mol. The highest BCUT2D eigenvalue weighted by atomic mass is 19.1. The minimum Gasteiger partial charge on any atom is -0.493 e. The number of hydrogen-bond acceptors (Lipinski definition) is 4. The van der Waals surface area contributed by atoms with Gasteiger partial charge < -0.3 is 10.1 Å². The maximum absolute atomic E-state index is 13.0.